The number of aromatic hydroxyl groups is 1. The number of rotatable bonds is 2. The van der Waals surface area contributed by atoms with Gasteiger partial charge in [0.05, 0.1) is 11.6 Å². The molecule has 2 aromatic rings. The highest BCUT2D eigenvalue weighted by Gasteiger charge is 2.35. The summed E-state index contributed by atoms with van der Waals surface area (Å²) in [6.45, 7) is 5.03. The van der Waals surface area contributed by atoms with E-state index in [0.29, 0.717) is 5.82 Å². The van der Waals surface area contributed by atoms with Gasteiger partial charge in [0.15, 0.2) is 5.82 Å². The summed E-state index contributed by atoms with van der Waals surface area (Å²) < 4.78 is 18.5. The van der Waals surface area contributed by atoms with Crippen LogP contribution < -0.4 is 0 Å². The molecule has 0 saturated carbocycles. The predicted octanol–water partition coefficient (Wildman–Crippen LogP) is 1.25. The van der Waals surface area contributed by atoms with Crippen LogP contribution in [0.5, 0.6) is 5.75 Å². The molecule has 4 heterocycles. The number of benzene rings is 1. The Morgan fingerprint density at radius 3 is 2.76 bits per heavy atom. The molecule has 0 amide bonds. The van der Waals surface area contributed by atoms with Crippen LogP contribution in [0.2, 0.25) is 0 Å². The number of phenols is 1. The van der Waals surface area contributed by atoms with Crippen molar-refractivity contribution >= 4 is 0 Å². The molecule has 3 aliphatic heterocycles. The number of hydrogen-bond acceptors (Lipinski definition) is 6. The van der Waals surface area contributed by atoms with Gasteiger partial charge in [-0.3, -0.25) is 9.80 Å². The van der Waals surface area contributed by atoms with Crippen LogP contribution in [0, 0.1) is 5.82 Å². The lowest BCUT2D eigenvalue weighted by atomic mass is 10.1. The van der Waals surface area contributed by atoms with E-state index in [2.05, 4.69) is 19.9 Å². The Balaban J connectivity index is 1.65. The fourth-order valence-electron chi connectivity index (χ4n) is 3.02. The summed E-state index contributed by atoms with van der Waals surface area (Å²) >= 11 is 0. The van der Waals surface area contributed by atoms with E-state index in [9.17, 15) is 9.50 Å². The molecule has 1 aromatic heterocycles. The first kappa shape index (κ1) is 12.7. The molecule has 5 rings (SSSR count). The predicted molar refractivity (Wildman–Crippen MR) is 72.1 cm³/mol. The lowest BCUT2D eigenvalue weighted by Crippen LogP contribution is -2.57. The van der Waals surface area contributed by atoms with Crippen molar-refractivity contribution < 1.29 is 14.0 Å². The van der Waals surface area contributed by atoms with Crippen LogP contribution in [-0.4, -0.2) is 57.8 Å². The summed E-state index contributed by atoms with van der Waals surface area (Å²) in [5, 5.41) is 13.8. The van der Waals surface area contributed by atoms with Gasteiger partial charge in [-0.05, 0) is 18.2 Å². The third-order valence-electron chi connectivity index (χ3n) is 4.21. The van der Waals surface area contributed by atoms with Crippen molar-refractivity contribution in [1.82, 2.24) is 19.9 Å². The SMILES string of the molecule is Oc1ccc(F)cc1-c1nc(C2CN3CCN2CC3)no1. The largest absolute Gasteiger partial charge is 0.507 e. The summed E-state index contributed by atoms with van der Waals surface area (Å²) in [5.74, 6) is 0.229. The van der Waals surface area contributed by atoms with E-state index in [1.165, 1.54) is 18.2 Å². The van der Waals surface area contributed by atoms with Gasteiger partial charge in [-0.1, -0.05) is 5.16 Å². The number of hydrogen-bond donors (Lipinski definition) is 1. The normalized spacial score (nSPS) is 28.0. The average molecular weight is 290 g/mol. The van der Waals surface area contributed by atoms with E-state index in [1.54, 1.807) is 0 Å². The fourth-order valence-corrected chi connectivity index (χ4v) is 3.02. The van der Waals surface area contributed by atoms with Gasteiger partial charge in [0.25, 0.3) is 5.89 Å². The van der Waals surface area contributed by atoms with Crippen molar-refractivity contribution in [2.75, 3.05) is 32.7 Å². The minimum Gasteiger partial charge on any atom is -0.507 e. The Bertz CT molecular complexity index is 667. The number of aromatic nitrogens is 2. The first-order valence-corrected chi connectivity index (χ1v) is 6.99. The highest BCUT2D eigenvalue weighted by molar-refractivity contribution is 5.61. The van der Waals surface area contributed by atoms with Gasteiger partial charge < -0.3 is 9.63 Å². The van der Waals surface area contributed by atoms with Crippen LogP contribution in [0.4, 0.5) is 4.39 Å². The summed E-state index contributed by atoms with van der Waals surface area (Å²) in [6.07, 6.45) is 0. The van der Waals surface area contributed by atoms with Gasteiger partial charge in [0.1, 0.15) is 11.6 Å². The topological polar surface area (TPSA) is 65.6 Å². The molecule has 3 aliphatic rings. The zero-order valence-corrected chi connectivity index (χ0v) is 11.4. The zero-order chi connectivity index (χ0) is 14.4. The Morgan fingerprint density at radius 1 is 1.24 bits per heavy atom. The zero-order valence-electron chi connectivity index (χ0n) is 11.4. The second-order valence-electron chi connectivity index (χ2n) is 5.47. The number of piperazine rings is 3. The smallest absolute Gasteiger partial charge is 0.261 e. The summed E-state index contributed by atoms with van der Waals surface area (Å²) in [5.41, 5.74) is 0.227. The van der Waals surface area contributed by atoms with Crippen molar-refractivity contribution in [2.45, 2.75) is 6.04 Å². The second kappa shape index (κ2) is 4.78. The first-order chi connectivity index (χ1) is 10.2. The maximum Gasteiger partial charge on any atom is 0.261 e. The van der Waals surface area contributed by atoms with Gasteiger partial charge in [0, 0.05) is 32.7 Å². The minimum absolute atomic E-state index is 0.0687. The summed E-state index contributed by atoms with van der Waals surface area (Å²) in [6, 6.07) is 3.78. The molecular formula is C14H15FN4O2. The maximum atomic E-state index is 13.3. The Morgan fingerprint density at radius 2 is 2.05 bits per heavy atom. The van der Waals surface area contributed by atoms with Crippen LogP contribution in [-0.2, 0) is 0 Å². The highest BCUT2D eigenvalue weighted by atomic mass is 19.1. The van der Waals surface area contributed by atoms with Crippen molar-refractivity contribution in [2.24, 2.45) is 0 Å². The molecule has 0 radical (unpaired) electrons. The average Bonchev–Trinajstić information content (AvgIpc) is 3.00. The van der Waals surface area contributed by atoms with Crippen LogP contribution in [0.25, 0.3) is 11.5 Å². The first-order valence-electron chi connectivity index (χ1n) is 6.99. The van der Waals surface area contributed by atoms with E-state index in [-0.39, 0.29) is 23.2 Å². The van der Waals surface area contributed by atoms with Crippen LogP contribution in [0.1, 0.15) is 11.9 Å². The molecule has 3 saturated heterocycles. The monoisotopic (exact) mass is 290 g/mol. The van der Waals surface area contributed by atoms with Gasteiger partial charge in [-0.2, -0.15) is 4.98 Å². The number of nitrogens with zero attached hydrogens (tertiary/aromatic N) is 4. The lowest BCUT2D eigenvalue weighted by molar-refractivity contribution is 0.00781. The van der Waals surface area contributed by atoms with Crippen molar-refractivity contribution in [3.8, 4) is 17.2 Å². The summed E-state index contributed by atoms with van der Waals surface area (Å²) in [7, 11) is 0. The minimum atomic E-state index is -0.450. The molecule has 7 heteroatoms. The third kappa shape index (κ3) is 2.18. The quantitative estimate of drug-likeness (QED) is 0.898. The van der Waals surface area contributed by atoms with Gasteiger partial charge in [-0.25, -0.2) is 4.39 Å². The molecule has 21 heavy (non-hydrogen) atoms. The Hall–Kier alpha value is -1.99. The molecule has 1 aromatic carbocycles. The number of halogens is 1. The molecule has 6 nitrogen and oxygen atoms in total. The standard InChI is InChI=1S/C14H15FN4O2/c15-9-1-2-12(20)10(7-9)14-16-13(17-21-14)11-8-18-3-5-19(11)6-4-18/h1-2,7,11,20H,3-6,8H2. The molecule has 1 N–H and O–H groups in total. The van der Waals surface area contributed by atoms with Gasteiger partial charge >= 0.3 is 0 Å². The fraction of sp³-hybridized carbons (Fsp3) is 0.429. The van der Waals surface area contributed by atoms with Crippen LogP contribution in [0.15, 0.2) is 22.7 Å². The molecule has 1 unspecified atom stereocenters. The summed E-state index contributed by atoms with van der Waals surface area (Å²) in [4.78, 5) is 9.06. The molecule has 3 fully saturated rings. The third-order valence-corrected chi connectivity index (χ3v) is 4.21. The van der Waals surface area contributed by atoms with Crippen LogP contribution in [0.3, 0.4) is 0 Å². The Kier molecular flexibility index (Phi) is 2.90. The van der Waals surface area contributed by atoms with Crippen molar-refractivity contribution in [3.63, 3.8) is 0 Å². The van der Waals surface area contributed by atoms with E-state index in [4.69, 9.17) is 4.52 Å². The van der Waals surface area contributed by atoms with Gasteiger partial charge in [-0.15, -0.1) is 0 Å². The molecule has 0 spiro atoms. The number of phenolic OH excluding ortho intramolecular Hbond substituents is 1. The molecule has 1 atom stereocenters. The molecule has 110 valence electrons. The maximum absolute atomic E-state index is 13.3. The van der Waals surface area contributed by atoms with Gasteiger partial charge in [0.2, 0.25) is 0 Å². The number of fused-ring (bicyclic) bond motifs is 3. The second-order valence-corrected chi connectivity index (χ2v) is 5.47. The van der Waals surface area contributed by atoms with E-state index in [0.717, 1.165) is 32.7 Å². The lowest BCUT2D eigenvalue weighted by Gasteiger charge is -2.46. The molecular weight excluding hydrogens is 275 g/mol. The van der Waals surface area contributed by atoms with E-state index >= 15 is 0 Å². The highest BCUT2D eigenvalue weighted by Crippen LogP contribution is 2.31. The molecule has 2 bridgehead atoms. The van der Waals surface area contributed by atoms with E-state index < -0.39 is 5.82 Å². The van der Waals surface area contributed by atoms with E-state index in [1.807, 2.05) is 0 Å². The van der Waals surface area contributed by atoms with Crippen molar-refractivity contribution in [1.29, 1.82) is 0 Å². The molecule has 0 aliphatic carbocycles. The van der Waals surface area contributed by atoms with Crippen LogP contribution >= 0.6 is 0 Å². The Labute approximate surface area is 120 Å². The van der Waals surface area contributed by atoms with Crippen molar-refractivity contribution in [3.05, 3.63) is 29.8 Å².